The zero-order valence-corrected chi connectivity index (χ0v) is 15.0. The molecule has 1 aromatic rings. The number of hydrogen-bond donors (Lipinski definition) is 1. The number of amides is 1. The molecule has 2 aliphatic heterocycles. The standard InChI is InChI=1S/C16H24N2O2S2/c1-10-8-13(12-6-7-21-16(12)22-10)17-9-11-4-5-14(20-11)15(19)18(2)3/h6-7,10-11,13-14,17H,4-5,8-9H2,1-3H3/t10-,11-,13-,14-/m0/s1. The van der Waals surface area contributed by atoms with Crippen molar-refractivity contribution >= 4 is 29.0 Å². The Morgan fingerprint density at radius 1 is 1.45 bits per heavy atom. The molecule has 4 atom stereocenters. The predicted molar refractivity (Wildman–Crippen MR) is 91.6 cm³/mol. The van der Waals surface area contributed by atoms with E-state index in [-0.39, 0.29) is 18.1 Å². The Balaban J connectivity index is 1.53. The maximum Gasteiger partial charge on any atom is 0.251 e. The average Bonchev–Trinajstić information content (AvgIpc) is 3.12. The minimum atomic E-state index is -0.251. The fraction of sp³-hybridized carbons (Fsp3) is 0.688. The zero-order valence-electron chi connectivity index (χ0n) is 13.4. The number of carbonyl (C=O) groups is 1. The highest BCUT2D eigenvalue weighted by Gasteiger charge is 2.33. The normalized spacial score (nSPS) is 31.0. The lowest BCUT2D eigenvalue weighted by Gasteiger charge is -2.28. The van der Waals surface area contributed by atoms with Gasteiger partial charge in [-0.2, -0.15) is 0 Å². The molecule has 3 rings (SSSR count). The molecule has 22 heavy (non-hydrogen) atoms. The summed E-state index contributed by atoms with van der Waals surface area (Å²) in [5, 5.41) is 6.50. The first-order valence-corrected chi connectivity index (χ1v) is 9.64. The van der Waals surface area contributed by atoms with E-state index in [1.165, 1.54) is 9.77 Å². The van der Waals surface area contributed by atoms with Crippen molar-refractivity contribution in [2.24, 2.45) is 0 Å². The van der Waals surface area contributed by atoms with Gasteiger partial charge in [0.15, 0.2) is 0 Å². The van der Waals surface area contributed by atoms with Gasteiger partial charge in [-0.1, -0.05) is 6.92 Å². The van der Waals surface area contributed by atoms with Gasteiger partial charge >= 0.3 is 0 Å². The van der Waals surface area contributed by atoms with Gasteiger partial charge in [-0.05, 0) is 36.3 Å². The van der Waals surface area contributed by atoms with E-state index < -0.39 is 0 Å². The van der Waals surface area contributed by atoms with Crippen LogP contribution >= 0.6 is 23.1 Å². The Hall–Kier alpha value is -0.560. The van der Waals surface area contributed by atoms with Crippen LogP contribution in [0.4, 0.5) is 0 Å². The minimum Gasteiger partial charge on any atom is -0.364 e. The number of hydrogen-bond acceptors (Lipinski definition) is 5. The van der Waals surface area contributed by atoms with Crippen LogP contribution in [0.25, 0.3) is 0 Å². The molecule has 6 heteroatoms. The fourth-order valence-electron chi connectivity index (χ4n) is 3.14. The smallest absolute Gasteiger partial charge is 0.251 e. The zero-order chi connectivity index (χ0) is 15.7. The Morgan fingerprint density at radius 2 is 2.27 bits per heavy atom. The molecule has 122 valence electrons. The highest BCUT2D eigenvalue weighted by molar-refractivity contribution is 8.01. The lowest BCUT2D eigenvalue weighted by Crippen LogP contribution is -2.36. The molecule has 1 fully saturated rings. The molecule has 1 aromatic heterocycles. The second-order valence-electron chi connectivity index (χ2n) is 6.35. The van der Waals surface area contributed by atoms with Gasteiger partial charge in [0.05, 0.1) is 10.3 Å². The number of likely N-dealkylation sites (N-methyl/N-ethyl adjacent to an activating group) is 1. The highest BCUT2D eigenvalue weighted by Crippen LogP contribution is 2.43. The molecule has 0 aromatic carbocycles. The summed E-state index contributed by atoms with van der Waals surface area (Å²) < 4.78 is 7.36. The molecule has 0 bridgehead atoms. The third-order valence-corrected chi connectivity index (χ3v) is 6.67. The van der Waals surface area contributed by atoms with Gasteiger partial charge in [0.25, 0.3) is 5.91 Å². The number of ether oxygens (including phenoxy) is 1. The molecular formula is C16H24N2O2S2. The second kappa shape index (κ2) is 6.91. The number of thiophene rings is 1. The van der Waals surface area contributed by atoms with Gasteiger partial charge in [0.1, 0.15) is 6.10 Å². The highest BCUT2D eigenvalue weighted by atomic mass is 32.2. The van der Waals surface area contributed by atoms with Crippen molar-refractivity contribution in [3.05, 3.63) is 17.0 Å². The Bertz CT molecular complexity index is 532. The van der Waals surface area contributed by atoms with E-state index in [4.69, 9.17) is 4.74 Å². The van der Waals surface area contributed by atoms with Crippen LogP contribution in [0.15, 0.2) is 15.7 Å². The van der Waals surface area contributed by atoms with E-state index >= 15 is 0 Å². The quantitative estimate of drug-likeness (QED) is 0.915. The topological polar surface area (TPSA) is 41.6 Å². The summed E-state index contributed by atoms with van der Waals surface area (Å²) in [5.74, 6) is 0.0882. The van der Waals surface area contributed by atoms with Gasteiger partial charge in [-0.3, -0.25) is 4.79 Å². The van der Waals surface area contributed by atoms with Crippen LogP contribution in [0.1, 0.15) is 37.8 Å². The molecule has 0 saturated carbocycles. The molecule has 0 spiro atoms. The molecule has 2 aliphatic rings. The SMILES string of the molecule is C[C@H]1C[C@H](NC[C@@H]2CC[C@@H](C(=O)N(C)C)O2)c2ccsc2S1. The van der Waals surface area contributed by atoms with E-state index in [0.717, 1.165) is 25.8 Å². The maximum absolute atomic E-state index is 11.9. The molecule has 0 unspecified atom stereocenters. The van der Waals surface area contributed by atoms with Crippen molar-refractivity contribution in [1.82, 2.24) is 10.2 Å². The van der Waals surface area contributed by atoms with Crippen molar-refractivity contribution in [1.29, 1.82) is 0 Å². The first-order chi connectivity index (χ1) is 10.5. The average molecular weight is 341 g/mol. The maximum atomic E-state index is 11.9. The van der Waals surface area contributed by atoms with E-state index in [0.29, 0.717) is 11.3 Å². The first kappa shape index (κ1) is 16.3. The molecule has 3 heterocycles. The van der Waals surface area contributed by atoms with Crippen LogP contribution in [0.3, 0.4) is 0 Å². The van der Waals surface area contributed by atoms with Crippen molar-refractivity contribution in [2.45, 2.75) is 53.9 Å². The summed E-state index contributed by atoms with van der Waals surface area (Å²) >= 11 is 3.83. The molecule has 0 aliphatic carbocycles. The fourth-order valence-corrected chi connectivity index (χ4v) is 5.71. The van der Waals surface area contributed by atoms with Crippen LogP contribution in [0.2, 0.25) is 0 Å². The molecule has 1 saturated heterocycles. The molecular weight excluding hydrogens is 316 g/mol. The number of rotatable bonds is 4. The van der Waals surface area contributed by atoms with E-state index in [9.17, 15) is 4.79 Å². The molecule has 1 N–H and O–H groups in total. The number of fused-ring (bicyclic) bond motifs is 1. The van der Waals surface area contributed by atoms with Crippen molar-refractivity contribution in [3.8, 4) is 0 Å². The Labute approximate surface area is 140 Å². The largest absolute Gasteiger partial charge is 0.364 e. The monoisotopic (exact) mass is 340 g/mol. The molecule has 4 nitrogen and oxygen atoms in total. The van der Waals surface area contributed by atoms with Gasteiger partial charge in [-0.25, -0.2) is 0 Å². The summed E-state index contributed by atoms with van der Waals surface area (Å²) in [6, 6.07) is 2.66. The van der Waals surface area contributed by atoms with Crippen molar-refractivity contribution in [3.63, 3.8) is 0 Å². The minimum absolute atomic E-state index is 0.0882. The Kier molecular flexibility index (Phi) is 5.12. The second-order valence-corrected chi connectivity index (χ2v) is 8.97. The number of nitrogens with one attached hydrogen (secondary N) is 1. The lowest BCUT2D eigenvalue weighted by molar-refractivity contribution is -0.140. The summed E-state index contributed by atoms with van der Waals surface area (Å²) in [5.41, 5.74) is 1.44. The van der Waals surface area contributed by atoms with Gasteiger partial charge in [0, 0.05) is 31.9 Å². The van der Waals surface area contributed by atoms with Crippen LogP contribution in [0.5, 0.6) is 0 Å². The number of nitrogens with zero attached hydrogens (tertiary/aromatic N) is 1. The van der Waals surface area contributed by atoms with E-state index in [1.54, 1.807) is 19.0 Å². The van der Waals surface area contributed by atoms with Gasteiger partial charge in [-0.15, -0.1) is 23.1 Å². The summed E-state index contributed by atoms with van der Waals surface area (Å²) in [4.78, 5) is 13.6. The van der Waals surface area contributed by atoms with Gasteiger partial charge < -0.3 is 15.0 Å². The van der Waals surface area contributed by atoms with E-state index in [2.05, 4.69) is 23.7 Å². The Morgan fingerprint density at radius 3 is 3.05 bits per heavy atom. The van der Waals surface area contributed by atoms with Crippen LogP contribution in [-0.4, -0.2) is 48.9 Å². The van der Waals surface area contributed by atoms with Crippen molar-refractivity contribution < 1.29 is 9.53 Å². The van der Waals surface area contributed by atoms with Crippen LogP contribution in [-0.2, 0) is 9.53 Å². The number of thioether (sulfide) groups is 1. The van der Waals surface area contributed by atoms with E-state index in [1.807, 2.05) is 23.1 Å². The van der Waals surface area contributed by atoms with Crippen LogP contribution < -0.4 is 5.32 Å². The third-order valence-electron chi connectivity index (χ3n) is 4.33. The first-order valence-electron chi connectivity index (χ1n) is 7.88. The molecule has 1 amide bonds. The third kappa shape index (κ3) is 3.50. The predicted octanol–water partition coefficient (Wildman–Crippen LogP) is 2.90. The van der Waals surface area contributed by atoms with Crippen LogP contribution in [0, 0.1) is 0 Å². The number of carbonyl (C=O) groups excluding carboxylic acids is 1. The summed E-state index contributed by atoms with van der Waals surface area (Å²) in [6.45, 7) is 3.12. The lowest BCUT2D eigenvalue weighted by atomic mass is 10.0. The van der Waals surface area contributed by atoms with Crippen molar-refractivity contribution in [2.75, 3.05) is 20.6 Å². The summed E-state index contributed by atoms with van der Waals surface area (Å²) in [6.07, 6.45) is 2.86. The summed E-state index contributed by atoms with van der Waals surface area (Å²) in [7, 11) is 3.58. The van der Waals surface area contributed by atoms with Gasteiger partial charge in [0.2, 0.25) is 0 Å². The molecule has 0 radical (unpaired) electrons.